The highest BCUT2D eigenvalue weighted by atomic mass is 28.5. The maximum absolute atomic E-state index is 6.28. The monoisotopic (exact) mass is 472 g/mol. The molecule has 0 spiro atoms. The van der Waals surface area contributed by atoms with Gasteiger partial charge in [-0.05, 0) is 71.9 Å². The van der Waals surface area contributed by atoms with E-state index in [2.05, 4.69) is 72.4 Å². The third-order valence-electron chi connectivity index (χ3n) is 2.75. The lowest BCUT2D eigenvalue weighted by Crippen LogP contribution is -2.55. The first-order chi connectivity index (χ1) is 12.5. The second-order valence-corrected chi connectivity index (χ2v) is 26.0. The van der Waals surface area contributed by atoms with Crippen molar-refractivity contribution in [3.63, 3.8) is 0 Å². The van der Waals surface area contributed by atoms with Crippen LogP contribution in [-0.2, 0) is 26.6 Å². The largest absolute Gasteiger partial charge is 0.437 e. The van der Waals surface area contributed by atoms with Gasteiger partial charge in [0, 0.05) is 13.7 Å². The van der Waals surface area contributed by atoms with Crippen molar-refractivity contribution in [3.05, 3.63) is 0 Å². The van der Waals surface area contributed by atoms with Gasteiger partial charge in [0.1, 0.15) is 0 Å². The number of rotatable bonds is 14. The standard InChI is InChI=1S/C10H30O3Si4.C8H18O3/c1-14(2,3)11-16(7,8)13-17(9,10)12-15(4,5)6;1-3-4-10-7-8-11-6-5-9-2/h1-10H3;3-8H2,1-2H3. The summed E-state index contributed by atoms with van der Waals surface area (Å²) in [4.78, 5) is 0. The molecule has 0 saturated carbocycles. The molecule has 0 saturated heterocycles. The summed E-state index contributed by atoms with van der Waals surface area (Å²) < 4.78 is 33.9. The summed E-state index contributed by atoms with van der Waals surface area (Å²) in [5.41, 5.74) is 0. The molecule has 0 aliphatic heterocycles. The number of methoxy groups -OCH3 is 1. The van der Waals surface area contributed by atoms with Crippen molar-refractivity contribution < 1.29 is 26.6 Å². The fourth-order valence-corrected chi connectivity index (χ4v) is 20.3. The molecule has 0 bridgehead atoms. The highest BCUT2D eigenvalue weighted by Crippen LogP contribution is 2.23. The topological polar surface area (TPSA) is 55.4 Å². The Morgan fingerprint density at radius 2 is 0.857 bits per heavy atom. The van der Waals surface area contributed by atoms with E-state index in [-0.39, 0.29) is 0 Å². The lowest BCUT2D eigenvalue weighted by Gasteiger charge is -2.39. The second-order valence-electron chi connectivity index (χ2n) is 9.55. The van der Waals surface area contributed by atoms with Gasteiger partial charge in [0.05, 0.1) is 26.4 Å². The Kier molecular flexibility index (Phi) is 16.1. The fraction of sp³-hybridized carbons (Fsp3) is 1.00. The normalized spacial score (nSPS) is 13.3. The van der Waals surface area contributed by atoms with Crippen molar-refractivity contribution in [2.75, 3.05) is 40.1 Å². The molecular weight excluding hydrogens is 425 g/mol. The molecule has 0 fully saturated rings. The van der Waals surface area contributed by atoms with Crippen LogP contribution in [-0.4, -0.2) is 73.9 Å². The Balaban J connectivity index is 0. The Morgan fingerprint density at radius 1 is 0.500 bits per heavy atom. The second kappa shape index (κ2) is 14.6. The van der Waals surface area contributed by atoms with Gasteiger partial charge in [0.25, 0.3) is 0 Å². The molecule has 28 heavy (non-hydrogen) atoms. The van der Waals surface area contributed by atoms with Crippen LogP contribution in [0.1, 0.15) is 13.3 Å². The van der Waals surface area contributed by atoms with Crippen LogP contribution in [0.15, 0.2) is 0 Å². The lowest BCUT2D eigenvalue weighted by atomic mass is 10.5. The summed E-state index contributed by atoms with van der Waals surface area (Å²) >= 11 is 0. The van der Waals surface area contributed by atoms with Gasteiger partial charge >= 0.3 is 17.1 Å². The van der Waals surface area contributed by atoms with Gasteiger partial charge in [-0.25, -0.2) is 0 Å². The predicted molar refractivity (Wildman–Crippen MR) is 129 cm³/mol. The minimum Gasteiger partial charge on any atom is -0.437 e. The highest BCUT2D eigenvalue weighted by molar-refractivity contribution is 6.89. The summed E-state index contributed by atoms with van der Waals surface area (Å²) in [7, 11) is -5.52. The predicted octanol–water partition coefficient (Wildman–Crippen LogP) is 5.19. The zero-order chi connectivity index (χ0) is 22.5. The number of ether oxygens (including phenoxy) is 3. The van der Waals surface area contributed by atoms with Gasteiger partial charge in [-0.1, -0.05) is 6.92 Å². The van der Waals surface area contributed by atoms with Crippen molar-refractivity contribution in [3.8, 4) is 0 Å². The molecule has 0 heterocycles. The maximum Gasteiger partial charge on any atom is 0.312 e. The zero-order valence-corrected chi connectivity index (χ0v) is 24.7. The molecule has 0 aromatic rings. The third-order valence-corrected chi connectivity index (χ3v) is 15.5. The van der Waals surface area contributed by atoms with Gasteiger partial charge in [-0.3, -0.25) is 0 Å². The van der Waals surface area contributed by atoms with Gasteiger partial charge < -0.3 is 26.6 Å². The van der Waals surface area contributed by atoms with E-state index < -0.39 is 33.8 Å². The van der Waals surface area contributed by atoms with Crippen LogP contribution >= 0.6 is 0 Å². The Bertz CT molecular complexity index is 347. The average molecular weight is 473 g/mol. The fourth-order valence-electron chi connectivity index (χ4n) is 2.72. The van der Waals surface area contributed by atoms with Crippen LogP contribution in [0, 0.1) is 0 Å². The molecule has 0 aliphatic rings. The first-order valence-electron chi connectivity index (χ1n) is 10.3. The molecule has 0 radical (unpaired) electrons. The Labute approximate surface area is 179 Å². The van der Waals surface area contributed by atoms with Crippen molar-refractivity contribution in [2.45, 2.75) is 78.8 Å². The third kappa shape index (κ3) is 24.7. The molecule has 6 nitrogen and oxygen atoms in total. The number of hydrogen-bond acceptors (Lipinski definition) is 6. The van der Waals surface area contributed by atoms with Crippen molar-refractivity contribution in [1.82, 2.24) is 0 Å². The first-order valence-corrected chi connectivity index (χ1v) is 22.7. The van der Waals surface area contributed by atoms with Crippen molar-refractivity contribution >= 4 is 33.8 Å². The zero-order valence-electron chi connectivity index (χ0n) is 20.7. The van der Waals surface area contributed by atoms with E-state index >= 15 is 0 Å². The van der Waals surface area contributed by atoms with Crippen LogP contribution in [0.2, 0.25) is 65.5 Å². The summed E-state index contributed by atoms with van der Waals surface area (Å²) in [5, 5.41) is 0. The van der Waals surface area contributed by atoms with Crippen molar-refractivity contribution in [1.29, 1.82) is 0 Å². The number of hydrogen-bond donors (Lipinski definition) is 0. The van der Waals surface area contributed by atoms with Crippen LogP contribution < -0.4 is 0 Å². The van der Waals surface area contributed by atoms with E-state index in [9.17, 15) is 0 Å². The average Bonchev–Trinajstić information content (AvgIpc) is 2.40. The summed E-state index contributed by atoms with van der Waals surface area (Å²) in [6, 6.07) is 0. The van der Waals surface area contributed by atoms with E-state index in [0.29, 0.717) is 26.4 Å². The van der Waals surface area contributed by atoms with E-state index in [0.717, 1.165) is 13.0 Å². The molecule has 0 aliphatic carbocycles. The summed E-state index contributed by atoms with van der Waals surface area (Å²) in [5.74, 6) is 0. The van der Waals surface area contributed by atoms with Gasteiger partial charge in [0.2, 0.25) is 0 Å². The van der Waals surface area contributed by atoms with Gasteiger partial charge in [0.15, 0.2) is 16.6 Å². The van der Waals surface area contributed by atoms with E-state index in [1.54, 1.807) is 7.11 Å². The minimum atomic E-state index is -2.05. The first kappa shape index (κ1) is 30.8. The van der Waals surface area contributed by atoms with E-state index in [4.69, 9.17) is 26.6 Å². The molecule has 0 N–H and O–H groups in total. The Hall–Kier alpha value is 0.628. The SMILES string of the molecule is CCCOCCOCCOC.C[Si](C)(C)O[Si](C)(C)O[Si](C)(C)O[Si](C)(C)C. The molecule has 0 aromatic heterocycles. The van der Waals surface area contributed by atoms with Crippen LogP contribution in [0.25, 0.3) is 0 Å². The van der Waals surface area contributed by atoms with Gasteiger partial charge in [-0.15, -0.1) is 0 Å². The molecule has 0 unspecified atom stereocenters. The van der Waals surface area contributed by atoms with Gasteiger partial charge in [-0.2, -0.15) is 0 Å². The molecular formula is C18H48O6Si4. The van der Waals surface area contributed by atoms with Crippen LogP contribution in [0.3, 0.4) is 0 Å². The van der Waals surface area contributed by atoms with Crippen molar-refractivity contribution in [2.24, 2.45) is 0 Å². The van der Waals surface area contributed by atoms with E-state index in [1.807, 2.05) is 0 Å². The maximum atomic E-state index is 6.28. The molecule has 0 aromatic carbocycles. The lowest BCUT2D eigenvalue weighted by molar-refractivity contribution is 0.0250. The molecule has 0 amide bonds. The smallest absolute Gasteiger partial charge is 0.312 e. The Morgan fingerprint density at radius 3 is 1.18 bits per heavy atom. The summed E-state index contributed by atoms with van der Waals surface area (Å²) in [6.45, 7) is 27.4. The minimum absolute atomic E-state index is 0.659. The molecule has 10 heteroatoms. The molecule has 0 rings (SSSR count). The molecule has 0 atom stereocenters. The van der Waals surface area contributed by atoms with E-state index in [1.165, 1.54) is 0 Å². The summed E-state index contributed by atoms with van der Waals surface area (Å²) in [6.07, 6.45) is 1.07. The quantitative estimate of drug-likeness (QED) is 0.256. The van der Waals surface area contributed by atoms with Crippen LogP contribution in [0.5, 0.6) is 0 Å². The van der Waals surface area contributed by atoms with Crippen LogP contribution in [0.4, 0.5) is 0 Å². The molecule has 172 valence electrons. The highest BCUT2D eigenvalue weighted by Gasteiger charge is 2.41.